The minimum atomic E-state index is -0.489. The van der Waals surface area contributed by atoms with Crippen molar-refractivity contribution < 1.29 is 9.72 Å². The Morgan fingerprint density at radius 1 is 1.57 bits per heavy atom. The van der Waals surface area contributed by atoms with E-state index in [1.807, 2.05) is 6.07 Å². The van der Waals surface area contributed by atoms with Crippen molar-refractivity contribution in [3.8, 4) is 6.07 Å². The van der Waals surface area contributed by atoms with E-state index in [-0.39, 0.29) is 23.6 Å². The largest absolute Gasteiger partial charge is 0.377 e. The molecule has 1 aliphatic rings. The number of nitro groups is 1. The first-order valence-corrected chi connectivity index (χ1v) is 6.70. The van der Waals surface area contributed by atoms with Gasteiger partial charge < -0.3 is 10.2 Å². The second-order valence-corrected chi connectivity index (χ2v) is 5.04. The van der Waals surface area contributed by atoms with Crippen molar-refractivity contribution >= 4 is 17.3 Å². The minimum Gasteiger partial charge on any atom is -0.377 e. The zero-order valence-corrected chi connectivity index (χ0v) is 11.7. The molecule has 1 amide bonds. The summed E-state index contributed by atoms with van der Waals surface area (Å²) in [6.07, 6.45) is 2.25. The maximum Gasteiger partial charge on any atom is 0.293 e. The summed E-state index contributed by atoms with van der Waals surface area (Å²) in [6.45, 7) is 0.297. The van der Waals surface area contributed by atoms with Gasteiger partial charge in [0.25, 0.3) is 11.6 Å². The molecule has 0 atom stereocenters. The lowest BCUT2D eigenvalue weighted by Crippen LogP contribution is -2.27. The Labute approximate surface area is 122 Å². The lowest BCUT2D eigenvalue weighted by Gasteiger charge is -2.15. The number of carbonyl (C=O) groups excluding carboxylic acids is 1. The van der Waals surface area contributed by atoms with Crippen molar-refractivity contribution in [2.45, 2.75) is 25.3 Å². The number of carbonyl (C=O) groups is 1. The van der Waals surface area contributed by atoms with E-state index < -0.39 is 4.92 Å². The number of benzene rings is 1. The van der Waals surface area contributed by atoms with E-state index >= 15 is 0 Å². The molecule has 0 saturated heterocycles. The zero-order chi connectivity index (χ0) is 15.4. The monoisotopic (exact) mass is 288 g/mol. The van der Waals surface area contributed by atoms with E-state index in [1.54, 1.807) is 19.2 Å². The van der Waals surface area contributed by atoms with Crippen molar-refractivity contribution in [3.05, 3.63) is 33.9 Å². The predicted molar refractivity (Wildman–Crippen MR) is 76.9 cm³/mol. The molecule has 21 heavy (non-hydrogen) atoms. The van der Waals surface area contributed by atoms with Crippen LogP contribution in [0.25, 0.3) is 0 Å². The lowest BCUT2D eigenvalue weighted by atomic mass is 10.1. The summed E-state index contributed by atoms with van der Waals surface area (Å²) in [5, 5.41) is 22.7. The van der Waals surface area contributed by atoms with Gasteiger partial charge in [-0.25, -0.2) is 0 Å². The quantitative estimate of drug-likeness (QED) is 0.638. The summed E-state index contributed by atoms with van der Waals surface area (Å²) in [5.74, 6) is -0.327. The highest BCUT2D eigenvalue weighted by Gasteiger charge is 2.26. The number of nitro benzene ring substituents is 1. The molecule has 7 heteroatoms. The maximum atomic E-state index is 12.1. The van der Waals surface area contributed by atoms with Crippen molar-refractivity contribution in [3.63, 3.8) is 0 Å². The number of nitrogens with zero attached hydrogens (tertiary/aromatic N) is 3. The molecule has 1 aliphatic carbocycles. The molecule has 1 aromatic rings. The Morgan fingerprint density at radius 2 is 2.29 bits per heavy atom. The third-order valence-electron chi connectivity index (χ3n) is 3.28. The Kier molecular flexibility index (Phi) is 4.38. The molecule has 110 valence electrons. The molecular formula is C14H16N4O3. The van der Waals surface area contributed by atoms with Gasteiger partial charge >= 0.3 is 0 Å². The van der Waals surface area contributed by atoms with Gasteiger partial charge in [-0.3, -0.25) is 14.9 Å². The molecule has 0 bridgehead atoms. The topological polar surface area (TPSA) is 99.3 Å². The van der Waals surface area contributed by atoms with Gasteiger partial charge in [0, 0.05) is 31.3 Å². The van der Waals surface area contributed by atoms with Gasteiger partial charge in [-0.1, -0.05) is 0 Å². The SMILES string of the molecule is CN(CCC#N)C(=O)c1ccc(NC2CC2)c([N+](=O)[O-])c1. The van der Waals surface area contributed by atoms with E-state index in [4.69, 9.17) is 5.26 Å². The van der Waals surface area contributed by atoms with Crippen LogP contribution in [0.5, 0.6) is 0 Å². The van der Waals surface area contributed by atoms with Crippen molar-refractivity contribution in [1.82, 2.24) is 4.90 Å². The number of hydrogen-bond acceptors (Lipinski definition) is 5. The molecule has 0 unspecified atom stereocenters. The fourth-order valence-electron chi connectivity index (χ4n) is 1.93. The fourth-order valence-corrected chi connectivity index (χ4v) is 1.93. The van der Waals surface area contributed by atoms with E-state index in [9.17, 15) is 14.9 Å². The number of rotatable bonds is 6. The molecule has 2 rings (SSSR count). The van der Waals surface area contributed by atoms with Gasteiger partial charge in [0.05, 0.1) is 17.4 Å². The zero-order valence-electron chi connectivity index (χ0n) is 11.7. The van der Waals surface area contributed by atoms with Crippen LogP contribution in [0.4, 0.5) is 11.4 Å². The molecular weight excluding hydrogens is 272 g/mol. The smallest absolute Gasteiger partial charge is 0.293 e. The van der Waals surface area contributed by atoms with E-state index in [0.717, 1.165) is 12.8 Å². The molecule has 1 saturated carbocycles. The summed E-state index contributed by atoms with van der Waals surface area (Å²) < 4.78 is 0. The average molecular weight is 288 g/mol. The van der Waals surface area contributed by atoms with Crippen molar-refractivity contribution in [1.29, 1.82) is 5.26 Å². The van der Waals surface area contributed by atoms with Crippen LogP contribution in [0, 0.1) is 21.4 Å². The van der Waals surface area contributed by atoms with E-state index in [1.165, 1.54) is 11.0 Å². The molecule has 0 aromatic heterocycles. The van der Waals surface area contributed by atoms with Crippen molar-refractivity contribution in [2.24, 2.45) is 0 Å². The maximum absolute atomic E-state index is 12.1. The molecule has 1 aromatic carbocycles. The van der Waals surface area contributed by atoms with E-state index in [0.29, 0.717) is 18.3 Å². The molecule has 0 radical (unpaired) electrons. The Bertz CT molecular complexity index is 605. The van der Waals surface area contributed by atoms with E-state index in [2.05, 4.69) is 5.32 Å². The van der Waals surface area contributed by atoms with Gasteiger partial charge in [0.1, 0.15) is 5.69 Å². The summed E-state index contributed by atoms with van der Waals surface area (Å²) in [4.78, 5) is 24.2. The van der Waals surface area contributed by atoms with Gasteiger partial charge in [-0.15, -0.1) is 0 Å². The molecule has 0 spiro atoms. The highest BCUT2D eigenvalue weighted by atomic mass is 16.6. The molecule has 0 heterocycles. The van der Waals surface area contributed by atoms with Crippen LogP contribution in [0.2, 0.25) is 0 Å². The van der Waals surface area contributed by atoms with Gasteiger partial charge in [0.15, 0.2) is 0 Å². The van der Waals surface area contributed by atoms with Crippen LogP contribution >= 0.6 is 0 Å². The number of nitriles is 1. The van der Waals surface area contributed by atoms with Crippen LogP contribution in [0.15, 0.2) is 18.2 Å². The Morgan fingerprint density at radius 3 is 2.86 bits per heavy atom. The van der Waals surface area contributed by atoms with Crippen LogP contribution < -0.4 is 5.32 Å². The number of nitrogens with one attached hydrogen (secondary N) is 1. The first kappa shape index (κ1) is 14.8. The molecule has 1 N–H and O–H groups in total. The second-order valence-electron chi connectivity index (χ2n) is 5.04. The van der Waals surface area contributed by atoms with Crippen LogP contribution in [0.3, 0.4) is 0 Å². The minimum absolute atomic E-state index is 0.0959. The van der Waals surface area contributed by atoms with Gasteiger partial charge in [-0.05, 0) is 25.0 Å². The third-order valence-corrected chi connectivity index (χ3v) is 3.28. The Hall–Kier alpha value is -2.62. The molecule has 0 aliphatic heterocycles. The number of hydrogen-bond donors (Lipinski definition) is 1. The number of anilines is 1. The fraction of sp³-hybridized carbons (Fsp3) is 0.429. The lowest BCUT2D eigenvalue weighted by molar-refractivity contribution is -0.384. The second kappa shape index (κ2) is 6.22. The molecule has 1 fully saturated rings. The normalized spacial score (nSPS) is 13.3. The van der Waals surface area contributed by atoms with Gasteiger partial charge in [0.2, 0.25) is 0 Å². The third kappa shape index (κ3) is 3.69. The van der Waals surface area contributed by atoms with Gasteiger partial charge in [-0.2, -0.15) is 5.26 Å². The summed E-state index contributed by atoms with van der Waals surface area (Å²) in [6, 6.07) is 6.69. The highest BCUT2D eigenvalue weighted by Crippen LogP contribution is 2.31. The summed E-state index contributed by atoms with van der Waals surface area (Å²) in [7, 11) is 1.57. The van der Waals surface area contributed by atoms with Crippen LogP contribution in [-0.2, 0) is 0 Å². The number of amides is 1. The first-order chi connectivity index (χ1) is 10.0. The average Bonchev–Trinajstić information content (AvgIpc) is 3.28. The summed E-state index contributed by atoms with van der Waals surface area (Å²) in [5.41, 5.74) is 0.601. The molecule has 7 nitrogen and oxygen atoms in total. The van der Waals surface area contributed by atoms with Crippen LogP contribution in [0.1, 0.15) is 29.6 Å². The van der Waals surface area contributed by atoms with Crippen LogP contribution in [-0.4, -0.2) is 35.4 Å². The predicted octanol–water partition coefficient (Wildman–Crippen LogP) is 2.15. The first-order valence-electron chi connectivity index (χ1n) is 6.70. The highest BCUT2D eigenvalue weighted by molar-refractivity contribution is 5.95. The van der Waals surface area contributed by atoms with Crippen molar-refractivity contribution in [2.75, 3.05) is 18.9 Å². The summed E-state index contributed by atoms with van der Waals surface area (Å²) >= 11 is 0. The Balaban J connectivity index is 2.20. The standard InChI is InChI=1S/C14H16N4O3/c1-17(8-2-7-15)14(19)10-3-6-12(16-11-4-5-11)13(9-10)18(20)21/h3,6,9,11,16H,2,4-5,8H2,1H3.